The molecule has 0 aromatic carbocycles. The SMILES string of the molecule is Cc1cccc(-c2[nH]ncc2-c2ccnc(-c3nc4c([nH]3)CN(C(=O)C3CC(O)C3)C4)c2)n1. The molecule has 0 unspecified atom stereocenters. The molecule has 4 aromatic heterocycles. The maximum atomic E-state index is 12.6. The molecule has 0 saturated heterocycles. The molecule has 3 N–H and O–H groups in total. The van der Waals surface area contributed by atoms with E-state index in [4.69, 9.17) is 4.98 Å². The number of rotatable bonds is 4. The zero-order chi connectivity index (χ0) is 22.5. The molecule has 0 bridgehead atoms. The van der Waals surface area contributed by atoms with Crippen LogP contribution in [0.25, 0.3) is 34.0 Å². The molecule has 4 aromatic rings. The number of pyridine rings is 2. The summed E-state index contributed by atoms with van der Waals surface area (Å²) < 4.78 is 0. The van der Waals surface area contributed by atoms with Crippen LogP contribution in [0.4, 0.5) is 0 Å². The molecule has 1 fully saturated rings. The van der Waals surface area contributed by atoms with Gasteiger partial charge in [0.05, 0.1) is 48.2 Å². The van der Waals surface area contributed by atoms with E-state index in [-0.39, 0.29) is 17.9 Å². The summed E-state index contributed by atoms with van der Waals surface area (Å²) in [5.74, 6) is 0.728. The molecule has 1 aliphatic carbocycles. The van der Waals surface area contributed by atoms with E-state index < -0.39 is 0 Å². The number of aliphatic hydroxyl groups is 1. The number of imidazole rings is 1. The van der Waals surface area contributed by atoms with Gasteiger partial charge in [-0.05, 0) is 49.6 Å². The normalized spacial score (nSPS) is 19.4. The van der Waals surface area contributed by atoms with Gasteiger partial charge in [-0.25, -0.2) is 4.98 Å². The molecule has 5 heterocycles. The van der Waals surface area contributed by atoms with Crippen molar-refractivity contribution in [3.63, 3.8) is 0 Å². The third-order valence-corrected chi connectivity index (χ3v) is 6.43. The summed E-state index contributed by atoms with van der Waals surface area (Å²) in [5, 5.41) is 16.8. The van der Waals surface area contributed by atoms with Crippen LogP contribution < -0.4 is 0 Å². The van der Waals surface area contributed by atoms with Crippen LogP contribution in [0, 0.1) is 12.8 Å². The summed E-state index contributed by atoms with van der Waals surface area (Å²) in [5.41, 5.74) is 7.08. The first-order chi connectivity index (χ1) is 16.0. The number of aliphatic hydroxyl groups excluding tert-OH is 1. The van der Waals surface area contributed by atoms with Gasteiger partial charge in [-0.2, -0.15) is 5.10 Å². The molecular formula is C24H23N7O2. The van der Waals surface area contributed by atoms with Gasteiger partial charge in [-0.3, -0.25) is 19.9 Å². The zero-order valence-corrected chi connectivity index (χ0v) is 18.1. The summed E-state index contributed by atoms with van der Waals surface area (Å²) in [6, 6.07) is 9.82. The Bertz CT molecular complexity index is 1330. The van der Waals surface area contributed by atoms with E-state index in [1.54, 1.807) is 12.4 Å². The van der Waals surface area contributed by atoms with Crippen LogP contribution in [0.3, 0.4) is 0 Å². The molecule has 0 radical (unpaired) electrons. The number of hydrogen-bond donors (Lipinski definition) is 3. The smallest absolute Gasteiger partial charge is 0.226 e. The number of aromatic amines is 2. The minimum Gasteiger partial charge on any atom is -0.393 e. The van der Waals surface area contributed by atoms with Crippen LogP contribution in [0.1, 0.15) is 29.9 Å². The lowest BCUT2D eigenvalue weighted by Crippen LogP contribution is -2.41. The highest BCUT2D eigenvalue weighted by Gasteiger charge is 2.38. The van der Waals surface area contributed by atoms with Crippen molar-refractivity contribution >= 4 is 5.91 Å². The first-order valence-corrected chi connectivity index (χ1v) is 11.0. The summed E-state index contributed by atoms with van der Waals surface area (Å²) >= 11 is 0. The van der Waals surface area contributed by atoms with Crippen molar-refractivity contribution in [3.05, 3.63) is 59.8 Å². The van der Waals surface area contributed by atoms with Crippen LogP contribution in [0.2, 0.25) is 0 Å². The minimum atomic E-state index is -0.333. The summed E-state index contributed by atoms with van der Waals surface area (Å²) in [6.07, 6.45) is 4.34. The molecule has 9 nitrogen and oxygen atoms in total. The second-order valence-electron chi connectivity index (χ2n) is 8.78. The monoisotopic (exact) mass is 441 g/mol. The van der Waals surface area contributed by atoms with Gasteiger partial charge in [0, 0.05) is 23.4 Å². The highest BCUT2D eigenvalue weighted by molar-refractivity contribution is 5.81. The number of hydrogen-bond acceptors (Lipinski definition) is 6. The van der Waals surface area contributed by atoms with E-state index in [0.717, 1.165) is 45.3 Å². The van der Waals surface area contributed by atoms with Crippen molar-refractivity contribution in [1.82, 2.24) is 35.0 Å². The molecule has 33 heavy (non-hydrogen) atoms. The molecule has 2 aliphatic rings. The van der Waals surface area contributed by atoms with Crippen molar-refractivity contribution in [2.75, 3.05) is 0 Å². The van der Waals surface area contributed by atoms with Crippen LogP contribution >= 0.6 is 0 Å². The van der Waals surface area contributed by atoms with Crippen LogP contribution in [-0.2, 0) is 17.9 Å². The highest BCUT2D eigenvalue weighted by Crippen LogP contribution is 2.34. The van der Waals surface area contributed by atoms with Gasteiger partial charge in [0.15, 0.2) is 5.82 Å². The van der Waals surface area contributed by atoms with Crippen molar-refractivity contribution in [1.29, 1.82) is 0 Å². The quantitative estimate of drug-likeness (QED) is 0.447. The Kier molecular flexibility index (Phi) is 4.58. The molecule has 166 valence electrons. The topological polar surface area (TPSA) is 124 Å². The molecule has 0 atom stereocenters. The first-order valence-electron chi connectivity index (χ1n) is 11.0. The van der Waals surface area contributed by atoms with E-state index in [0.29, 0.717) is 31.8 Å². The third-order valence-electron chi connectivity index (χ3n) is 6.43. The Morgan fingerprint density at radius 2 is 2.03 bits per heavy atom. The number of aryl methyl sites for hydroxylation is 1. The lowest BCUT2D eigenvalue weighted by atomic mass is 9.81. The van der Waals surface area contributed by atoms with Gasteiger partial charge in [0.2, 0.25) is 5.91 Å². The second kappa shape index (κ2) is 7.63. The van der Waals surface area contributed by atoms with Crippen molar-refractivity contribution in [2.24, 2.45) is 5.92 Å². The van der Waals surface area contributed by atoms with Crippen LogP contribution in [0.5, 0.6) is 0 Å². The lowest BCUT2D eigenvalue weighted by Gasteiger charge is -2.33. The number of nitrogens with zero attached hydrogens (tertiary/aromatic N) is 5. The molecular weight excluding hydrogens is 418 g/mol. The number of H-pyrrole nitrogens is 2. The Labute approximate surface area is 189 Å². The van der Waals surface area contributed by atoms with Crippen LogP contribution in [-0.4, -0.2) is 52.2 Å². The summed E-state index contributed by atoms with van der Waals surface area (Å²) in [7, 11) is 0. The van der Waals surface area contributed by atoms with Gasteiger partial charge < -0.3 is 15.0 Å². The largest absolute Gasteiger partial charge is 0.393 e. The van der Waals surface area contributed by atoms with E-state index in [1.807, 2.05) is 42.2 Å². The maximum Gasteiger partial charge on any atom is 0.226 e. The zero-order valence-electron chi connectivity index (χ0n) is 18.1. The summed E-state index contributed by atoms with van der Waals surface area (Å²) in [6.45, 7) is 2.96. The van der Waals surface area contributed by atoms with Gasteiger partial charge in [0.1, 0.15) is 5.69 Å². The molecule has 1 aliphatic heterocycles. The first kappa shape index (κ1) is 19.8. The van der Waals surface area contributed by atoms with Crippen molar-refractivity contribution in [2.45, 2.75) is 39.0 Å². The average Bonchev–Trinajstić information content (AvgIpc) is 3.51. The third kappa shape index (κ3) is 3.50. The molecule has 1 saturated carbocycles. The highest BCUT2D eigenvalue weighted by atomic mass is 16.3. The minimum absolute atomic E-state index is 0.0612. The fourth-order valence-electron chi connectivity index (χ4n) is 4.57. The van der Waals surface area contributed by atoms with Gasteiger partial charge in [-0.1, -0.05) is 6.07 Å². The van der Waals surface area contributed by atoms with Crippen molar-refractivity contribution < 1.29 is 9.90 Å². The van der Waals surface area contributed by atoms with E-state index >= 15 is 0 Å². The number of aromatic nitrogens is 6. The van der Waals surface area contributed by atoms with Gasteiger partial charge in [0.25, 0.3) is 0 Å². The number of amides is 1. The number of carbonyl (C=O) groups is 1. The molecule has 6 rings (SSSR count). The van der Waals surface area contributed by atoms with Gasteiger partial charge >= 0.3 is 0 Å². The van der Waals surface area contributed by atoms with Gasteiger partial charge in [-0.15, -0.1) is 0 Å². The van der Waals surface area contributed by atoms with Crippen molar-refractivity contribution in [3.8, 4) is 34.0 Å². The molecule has 9 heteroatoms. The average molecular weight is 441 g/mol. The fraction of sp³-hybridized carbons (Fsp3) is 0.292. The van der Waals surface area contributed by atoms with E-state index in [9.17, 15) is 9.90 Å². The fourth-order valence-corrected chi connectivity index (χ4v) is 4.57. The maximum absolute atomic E-state index is 12.6. The molecule has 0 spiro atoms. The summed E-state index contributed by atoms with van der Waals surface area (Å²) in [4.78, 5) is 31.6. The second-order valence-corrected chi connectivity index (χ2v) is 8.78. The Balaban J connectivity index is 1.25. The lowest BCUT2D eigenvalue weighted by molar-refractivity contribution is -0.143. The standard InChI is InChI=1S/C24H23N7O2/c1-13-3-2-4-18(27-13)22-17(10-26-30-22)14-5-6-25-19(9-14)23-28-20-11-31(12-21(20)29-23)24(33)15-7-16(32)8-15/h2-6,9-10,15-16,32H,7-8,11-12H2,1H3,(H,26,30)(H,28,29). The molecule has 1 amide bonds. The number of fused-ring (bicyclic) bond motifs is 1. The van der Waals surface area contributed by atoms with E-state index in [1.165, 1.54) is 0 Å². The predicted molar refractivity (Wildman–Crippen MR) is 120 cm³/mol. The predicted octanol–water partition coefficient (Wildman–Crippen LogP) is 2.85. The Morgan fingerprint density at radius 3 is 2.82 bits per heavy atom. The van der Waals surface area contributed by atoms with E-state index in [2.05, 4.69) is 25.1 Å². The number of carbonyl (C=O) groups excluding carboxylic acids is 1. The Morgan fingerprint density at radius 1 is 1.15 bits per heavy atom. The van der Waals surface area contributed by atoms with Crippen LogP contribution in [0.15, 0.2) is 42.7 Å². The number of nitrogens with one attached hydrogen (secondary N) is 2. The Hall–Kier alpha value is -3.85.